The van der Waals surface area contributed by atoms with E-state index in [1.807, 2.05) is 0 Å². The minimum absolute atomic E-state index is 0.161. The van der Waals surface area contributed by atoms with Crippen LogP contribution in [0.1, 0.15) is 25.7 Å². The lowest BCUT2D eigenvalue weighted by Crippen LogP contribution is -2.40. The second-order valence-corrected chi connectivity index (χ2v) is 7.08. The maximum Gasteiger partial charge on any atom is 0.214 e. The average Bonchev–Trinajstić information content (AvgIpc) is 2.29. The number of methoxy groups -OCH3 is 1. The van der Waals surface area contributed by atoms with Crippen molar-refractivity contribution in [2.75, 3.05) is 33.5 Å². The number of sulfonamides is 1. The Morgan fingerprint density at radius 1 is 1.35 bits per heavy atom. The summed E-state index contributed by atoms with van der Waals surface area (Å²) in [4.78, 5) is 0. The number of rotatable bonds is 6. The molecule has 17 heavy (non-hydrogen) atoms. The van der Waals surface area contributed by atoms with E-state index in [0.717, 1.165) is 25.7 Å². The number of hydrogen-bond acceptors (Lipinski definition) is 4. The highest BCUT2D eigenvalue weighted by molar-refractivity contribution is 7.89. The van der Waals surface area contributed by atoms with Crippen LogP contribution < -0.4 is 5.32 Å². The van der Waals surface area contributed by atoms with Crippen molar-refractivity contribution >= 4 is 10.0 Å². The van der Waals surface area contributed by atoms with Gasteiger partial charge < -0.3 is 10.1 Å². The number of nitrogens with zero attached hydrogens (tertiary/aromatic N) is 1. The molecule has 1 saturated carbocycles. The molecule has 0 amide bonds. The monoisotopic (exact) mass is 264 g/mol. The van der Waals surface area contributed by atoms with Crippen molar-refractivity contribution in [2.24, 2.45) is 0 Å². The molecular weight excluding hydrogens is 240 g/mol. The lowest BCUT2D eigenvalue weighted by atomic mass is 9.93. The summed E-state index contributed by atoms with van der Waals surface area (Å²) in [6.07, 6.45) is 4.69. The third-order valence-electron chi connectivity index (χ3n) is 3.31. The van der Waals surface area contributed by atoms with Gasteiger partial charge in [0.25, 0.3) is 0 Å². The maximum absolute atomic E-state index is 11.6. The van der Waals surface area contributed by atoms with Crippen molar-refractivity contribution < 1.29 is 13.2 Å². The van der Waals surface area contributed by atoms with Crippen molar-refractivity contribution in [3.8, 4) is 0 Å². The van der Waals surface area contributed by atoms with Gasteiger partial charge in [-0.1, -0.05) is 0 Å². The van der Waals surface area contributed by atoms with Crippen molar-refractivity contribution in [2.45, 2.75) is 37.8 Å². The average molecular weight is 264 g/mol. The first kappa shape index (κ1) is 14.9. The smallest absolute Gasteiger partial charge is 0.214 e. The highest BCUT2D eigenvalue weighted by atomic mass is 32.2. The van der Waals surface area contributed by atoms with Crippen LogP contribution in [-0.2, 0) is 14.8 Å². The van der Waals surface area contributed by atoms with Crippen molar-refractivity contribution in [3.63, 3.8) is 0 Å². The van der Waals surface area contributed by atoms with Gasteiger partial charge in [-0.25, -0.2) is 12.7 Å². The van der Waals surface area contributed by atoms with Gasteiger partial charge in [-0.15, -0.1) is 0 Å². The minimum Gasteiger partial charge on any atom is -0.381 e. The van der Waals surface area contributed by atoms with Gasteiger partial charge in [0.15, 0.2) is 0 Å². The second-order valence-electron chi connectivity index (χ2n) is 4.77. The van der Waals surface area contributed by atoms with E-state index in [1.54, 1.807) is 21.2 Å². The Morgan fingerprint density at radius 3 is 2.65 bits per heavy atom. The standard InChI is InChI=1S/C11H24N2O3S/c1-13(2)17(14,15)8-7-12-10-5-4-6-11(9-10)16-3/h10-12H,4-9H2,1-3H3. The Labute approximate surface area is 105 Å². The molecule has 0 saturated heterocycles. The van der Waals surface area contributed by atoms with E-state index in [-0.39, 0.29) is 5.75 Å². The molecule has 102 valence electrons. The normalized spacial score (nSPS) is 26.4. The second kappa shape index (κ2) is 6.68. The number of nitrogens with one attached hydrogen (secondary N) is 1. The summed E-state index contributed by atoms with van der Waals surface area (Å²) in [6, 6.07) is 0.395. The van der Waals surface area contributed by atoms with Crippen LogP contribution in [0.25, 0.3) is 0 Å². The molecule has 6 heteroatoms. The molecule has 0 bridgehead atoms. The zero-order valence-corrected chi connectivity index (χ0v) is 11.8. The molecule has 0 heterocycles. The third-order valence-corrected chi connectivity index (χ3v) is 5.14. The fraction of sp³-hybridized carbons (Fsp3) is 1.00. The number of hydrogen-bond donors (Lipinski definition) is 1. The molecule has 1 aliphatic rings. The molecule has 0 radical (unpaired) electrons. The molecule has 0 spiro atoms. The highest BCUT2D eigenvalue weighted by Gasteiger charge is 2.22. The Balaban J connectivity index is 2.27. The molecule has 1 aliphatic carbocycles. The summed E-state index contributed by atoms with van der Waals surface area (Å²) >= 11 is 0. The van der Waals surface area contributed by atoms with Crippen LogP contribution in [0.4, 0.5) is 0 Å². The summed E-state index contributed by atoms with van der Waals surface area (Å²) < 4.78 is 29.7. The van der Waals surface area contributed by atoms with Gasteiger partial charge in [-0.05, 0) is 25.7 Å². The summed E-state index contributed by atoms with van der Waals surface area (Å²) in [6.45, 7) is 0.515. The fourth-order valence-corrected chi connectivity index (χ4v) is 2.86. The van der Waals surface area contributed by atoms with Gasteiger partial charge in [0, 0.05) is 33.8 Å². The lowest BCUT2D eigenvalue weighted by Gasteiger charge is -2.29. The molecule has 0 aromatic carbocycles. The summed E-state index contributed by atoms with van der Waals surface area (Å²) in [5, 5.41) is 3.31. The van der Waals surface area contributed by atoms with Crippen LogP contribution in [-0.4, -0.2) is 58.4 Å². The van der Waals surface area contributed by atoms with Crippen LogP contribution >= 0.6 is 0 Å². The minimum atomic E-state index is -3.08. The van der Waals surface area contributed by atoms with Gasteiger partial charge >= 0.3 is 0 Å². The van der Waals surface area contributed by atoms with E-state index in [9.17, 15) is 8.42 Å². The van der Waals surface area contributed by atoms with Gasteiger partial charge in [0.2, 0.25) is 10.0 Å². The van der Waals surface area contributed by atoms with Crippen molar-refractivity contribution in [1.29, 1.82) is 0 Å². The third kappa shape index (κ3) is 4.91. The summed E-state index contributed by atoms with van der Waals surface area (Å²) in [5.74, 6) is 0.161. The first-order valence-corrected chi connectivity index (χ1v) is 7.73. The van der Waals surface area contributed by atoms with Crippen molar-refractivity contribution in [3.05, 3.63) is 0 Å². The van der Waals surface area contributed by atoms with Crippen LogP contribution in [0.3, 0.4) is 0 Å². The molecule has 1 rings (SSSR count). The molecule has 5 nitrogen and oxygen atoms in total. The topological polar surface area (TPSA) is 58.6 Å². The Hall–Kier alpha value is -0.170. The maximum atomic E-state index is 11.6. The van der Waals surface area contributed by atoms with E-state index >= 15 is 0 Å². The molecule has 2 atom stereocenters. The zero-order valence-electron chi connectivity index (χ0n) is 11.0. The largest absolute Gasteiger partial charge is 0.381 e. The van der Waals surface area contributed by atoms with Gasteiger partial charge in [-0.3, -0.25) is 0 Å². The van der Waals surface area contributed by atoms with E-state index in [4.69, 9.17) is 4.74 Å². The molecule has 1 fully saturated rings. The van der Waals surface area contributed by atoms with Gasteiger partial charge in [-0.2, -0.15) is 0 Å². The molecule has 1 N–H and O–H groups in total. The molecule has 2 unspecified atom stereocenters. The fourth-order valence-electron chi connectivity index (χ4n) is 2.12. The van der Waals surface area contributed by atoms with Crippen LogP contribution in [0.15, 0.2) is 0 Å². The van der Waals surface area contributed by atoms with Gasteiger partial charge in [0.1, 0.15) is 0 Å². The van der Waals surface area contributed by atoms with Crippen molar-refractivity contribution in [1.82, 2.24) is 9.62 Å². The first-order valence-electron chi connectivity index (χ1n) is 6.12. The number of ether oxygens (including phenoxy) is 1. The molecular formula is C11H24N2O3S. The zero-order chi connectivity index (χ0) is 12.9. The predicted octanol–water partition coefficient (Wildman–Crippen LogP) is 0.425. The molecule has 0 aromatic rings. The van der Waals surface area contributed by atoms with E-state index < -0.39 is 10.0 Å². The molecule has 0 aromatic heterocycles. The summed E-state index contributed by atoms with van der Waals surface area (Å²) in [7, 11) is 1.79. The predicted molar refractivity (Wildman–Crippen MR) is 68.5 cm³/mol. The lowest BCUT2D eigenvalue weighted by molar-refractivity contribution is 0.0592. The Morgan fingerprint density at radius 2 is 2.06 bits per heavy atom. The van der Waals surface area contributed by atoms with E-state index in [0.29, 0.717) is 18.7 Å². The quantitative estimate of drug-likeness (QED) is 0.755. The van der Waals surface area contributed by atoms with E-state index in [1.165, 1.54) is 4.31 Å². The SMILES string of the molecule is COC1CCCC(NCCS(=O)(=O)N(C)C)C1. The first-order chi connectivity index (χ1) is 7.95. The highest BCUT2D eigenvalue weighted by Crippen LogP contribution is 2.20. The summed E-state index contributed by atoms with van der Waals surface area (Å²) in [5.41, 5.74) is 0. The van der Waals surface area contributed by atoms with Gasteiger partial charge in [0.05, 0.1) is 11.9 Å². The van der Waals surface area contributed by atoms with Crippen LogP contribution in [0.5, 0.6) is 0 Å². The van der Waals surface area contributed by atoms with Crippen LogP contribution in [0, 0.1) is 0 Å². The molecule has 0 aliphatic heterocycles. The Kier molecular flexibility index (Phi) is 5.85. The Bertz CT molecular complexity index is 317. The van der Waals surface area contributed by atoms with E-state index in [2.05, 4.69) is 5.32 Å². The van der Waals surface area contributed by atoms with Crippen LogP contribution in [0.2, 0.25) is 0 Å².